The Morgan fingerprint density at radius 1 is 1.42 bits per heavy atom. The number of nitrogen functional groups attached to an aromatic ring is 1. The van der Waals surface area contributed by atoms with E-state index in [9.17, 15) is 14.9 Å². The maximum absolute atomic E-state index is 12.0. The number of hydrogen-bond acceptors (Lipinski definition) is 4. The zero-order chi connectivity index (χ0) is 14.6. The molecule has 0 radical (unpaired) electrons. The zero-order valence-corrected chi connectivity index (χ0v) is 11.3. The summed E-state index contributed by atoms with van der Waals surface area (Å²) in [6.45, 7) is 6.68. The second-order valence-corrected chi connectivity index (χ2v) is 4.96. The van der Waals surface area contributed by atoms with Crippen molar-refractivity contribution in [2.45, 2.75) is 20.8 Å². The van der Waals surface area contributed by atoms with Gasteiger partial charge in [-0.3, -0.25) is 14.9 Å². The van der Waals surface area contributed by atoms with Gasteiger partial charge < -0.3 is 11.1 Å². The molecule has 0 saturated carbocycles. The molecule has 6 heteroatoms. The average Bonchev–Trinajstić information content (AvgIpc) is 2.35. The number of carbonyl (C=O) groups excluding carboxylic acids is 1. The molecule has 1 unspecified atom stereocenters. The van der Waals surface area contributed by atoms with E-state index in [1.165, 1.54) is 18.2 Å². The lowest BCUT2D eigenvalue weighted by atomic mass is 9.98. The number of nitrogens with two attached hydrogens (primary N) is 1. The highest BCUT2D eigenvalue weighted by molar-refractivity contribution is 5.99. The highest BCUT2D eigenvalue weighted by atomic mass is 16.6. The molecule has 0 spiro atoms. The van der Waals surface area contributed by atoms with Gasteiger partial charge in [-0.05, 0) is 17.9 Å². The molecule has 0 aliphatic carbocycles. The van der Waals surface area contributed by atoms with Gasteiger partial charge in [-0.25, -0.2) is 0 Å². The van der Waals surface area contributed by atoms with E-state index >= 15 is 0 Å². The third-order valence-corrected chi connectivity index (χ3v) is 3.21. The van der Waals surface area contributed by atoms with Crippen molar-refractivity contribution in [3.63, 3.8) is 0 Å². The first-order chi connectivity index (χ1) is 8.82. The minimum atomic E-state index is -0.549. The average molecular weight is 265 g/mol. The molecule has 0 heterocycles. The van der Waals surface area contributed by atoms with Gasteiger partial charge in [0, 0.05) is 24.4 Å². The van der Waals surface area contributed by atoms with E-state index in [-0.39, 0.29) is 22.8 Å². The maximum Gasteiger partial charge on any atom is 0.270 e. The monoisotopic (exact) mass is 265 g/mol. The Kier molecular flexibility index (Phi) is 4.86. The van der Waals surface area contributed by atoms with E-state index in [2.05, 4.69) is 19.2 Å². The van der Waals surface area contributed by atoms with Crippen molar-refractivity contribution < 1.29 is 9.72 Å². The summed E-state index contributed by atoms with van der Waals surface area (Å²) in [5.74, 6) is 0.389. The van der Waals surface area contributed by atoms with Crippen LogP contribution in [-0.2, 0) is 0 Å². The van der Waals surface area contributed by atoms with E-state index in [0.29, 0.717) is 18.4 Å². The number of benzene rings is 1. The smallest absolute Gasteiger partial charge is 0.270 e. The number of nitro benzene ring substituents is 1. The van der Waals surface area contributed by atoms with Crippen molar-refractivity contribution in [2.75, 3.05) is 12.3 Å². The van der Waals surface area contributed by atoms with Gasteiger partial charge in [0.25, 0.3) is 11.6 Å². The van der Waals surface area contributed by atoms with E-state index < -0.39 is 4.92 Å². The van der Waals surface area contributed by atoms with Crippen LogP contribution in [0.3, 0.4) is 0 Å². The van der Waals surface area contributed by atoms with Gasteiger partial charge in [0.15, 0.2) is 0 Å². The molecular weight excluding hydrogens is 246 g/mol. The van der Waals surface area contributed by atoms with E-state index in [1.54, 1.807) is 0 Å². The number of non-ortho nitro benzene ring substituents is 1. The van der Waals surface area contributed by atoms with Crippen LogP contribution in [0.25, 0.3) is 0 Å². The van der Waals surface area contributed by atoms with Gasteiger partial charge in [-0.15, -0.1) is 0 Å². The first-order valence-electron chi connectivity index (χ1n) is 6.15. The third-order valence-electron chi connectivity index (χ3n) is 3.21. The van der Waals surface area contributed by atoms with Gasteiger partial charge in [0.2, 0.25) is 0 Å². The van der Waals surface area contributed by atoms with Gasteiger partial charge in [-0.1, -0.05) is 20.8 Å². The molecule has 0 saturated heterocycles. The summed E-state index contributed by atoms with van der Waals surface area (Å²) >= 11 is 0. The minimum absolute atomic E-state index is 0.142. The van der Waals surface area contributed by atoms with Crippen LogP contribution in [0.15, 0.2) is 18.2 Å². The van der Waals surface area contributed by atoms with Crippen LogP contribution in [0.1, 0.15) is 31.1 Å². The molecule has 1 amide bonds. The fourth-order valence-electron chi connectivity index (χ4n) is 1.44. The highest BCUT2D eigenvalue weighted by Gasteiger charge is 2.16. The van der Waals surface area contributed by atoms with Gasteiger partial charge in [0.05, 0.1) is 10.5 Å². The molecule has 0 fully saturated rings. The van der Waals surface area contributed by atoms with Crippen LogP contribution in [0.2, 0.25) is 0 Å². The van der Waals surface area contributed by atoms with Crippen molar-refractivity contribution in [2.24, 2.45) is 11.8 Å². The molecule has 0 bridgehead atoms. The summed E-state index contributed by atoms with van der Waals surface area (Å²) in [5.41, 5.74) is 5.91. The lowest BCUT2D eigenvalue weighted by Gasteiger charge is -2.16. The molecule has 0 aromatic heterocycles. The number of amides is 1. The molecule has 19 heavy (non-hydrogen) atoms. The number of nitrogens with zero attached hydrogens (tertiary/aromatic N) is 1. The SMILES string of the molecule is CC(C)C(C)CNC(=O)c1cc([N+](=O)[O-])ccc1N. The van der Waals surface area contributed by atoms with Crippen molar-refractivity contribution in [3.05, 3.63) is 33.9 Å². The van der Waals surface area contributed by atoms with Crippen molar-refractivity contribution in [1.82, 2.24) is 5.32 Å². The summed E-state index contributed by atoms with van der Waals surface area (Å²) in [6.07, 6.45) is 0. The van der Waals surface area contributed by atoms with Crippen LogP contribution < -0.4 is 11.1 Å². The molecule has 1 aromatic rings. The number of nitro groups is 1. The Bertz CT molecular complexity index is 486. The van der Waals surface area contributed by atoms with Crippen LogP contribution in [0.5, 0.6) is 0 Å². The predicted molar refractivity (Wildman–Crippen MR) is 73.8 cm³/mol. The Balaban J connectivity index is 2.82. The van der Waals surface area contributed by atoms with Crippen LogP contribution in [0, 0.1) is 22.0 Å². The molecule has 0 aliphatic rings. The Morgan fingerprint density at radius 3 is 2.58 bits per heavy atom. The summed E-state index contributed by atoms with van der Waals surface area (Å²) in [4.78, 5) is 22.1. The van der Waals surface area contributed by atoms with Gasteiger partial charge in [-0.2, -0.15) is 0 Å². The quantitative estimate of drug-likeness (QED) is 0.484. The number of rotatable bonds is 5. The van der Waals surface area contributed by atoms with Crippen LogP contribution >= 0.6 is 0 Å². The summed E-state index contributed by atoms with van der Waals surface area (Å²) < 4.78 is 0. The standard InChI is InChI=1S/C13H19N3O3/c1-8(2)9(3)7-15-13(17)11-6-10(16(18)19)4-5-12(11)14/h4-6,8-9H,7,14H2,1-3H3,(H,15,17). The topological polar surface area (TPSA) is 98.3 Å². The van der Waals surface area contributed by atoms with Crippen LogP contribution in [-0.4, -0.2) is 17.4 Å². The molecule has 6 nitrogen and oxygen atoms in total. The fraction of sp³-hybridized carbons (Fsp3) is 0.462. The first kappa shape index (κ1) is 14.9. The van der Waals surface area contributed by atoms with Crippen LogP contribution in [0.4, 0.5) is 11.4 Å². The maximum atomic E-state index is 12.0. The number of carbonyl (C=O) groups is 1. The van der Waals surface area contributed by atoms with Gasteiger partial charge >= 0.3 is 0 Å². The summed E-state index contributed by atoms with van der Waals surface area (Å²) in [5, 5.41) is 13.4. The van der Waals surface area contributed by atoms with E-state index in [4.69, 9.17) is 5.73 Å². The highest BCUT2D eigenvalue weighted by Crippen LogP contribution is 2.19. The number of anilines is 1. The third kappa shape index (κ3) is 3.94. The lowest BCUT2D eigenvalue weighted by Crippen LogP contribution is -2.30. The predicted octanol–water partition coefficient (Wildman–Crippen LogP) is 2.20. The minimum Gasteiger partial charge on any atom is -0.398 e. The summed E-state index contributed by atoms with van der Waals surface area (Å²) in [7, 11) is 0. The largest absolute Gasteiger partial charge is 0.398 e. The zero-order valence-electron chi connectivity index (χ0n) is 11.3. The normalized spacial score (nSPS) is 12.2. The summed E-state index contributed by atoms with van der Waals surface area (Å²) in [6, 6.07) is 3.85. The van der Waals surface area contributed by atoms with E-state index in [0.717, 1.165) is 0 Å². The molecule has 104 valence electrons. The Hall–Kier alpha value is -2.11. The first-order valence-corrected chi connectivity index (χ1v) is 6.15. The van der Waals surface area contributed by atoms with Crippen molar-refractivity contribution in [3.8, 4) is 0 Å². The number of nitrogens with one attached hydrogen (secondary N) is 1. The van der Waals surface area contributed by atoms with Gasteiger partial charge in [0.1, 0.15) is 0 Å². The lowest BCUT2D eigenvalue weighted by molar-refractivity contribution is -0.384. The number of hydrogen-bond donors (Lipinski definition) is 2. The molecule has 0 aliphatic heterocycles. The fourth-order valence-corrected chi connectivity index (χ4v) is 1.44. The second kappa shape index (κ2) is 6.17. The van der Waals surface area contributed by atoms with E-state index in [1.807, 2.05) is 6.92 Å². The Morgan fingerprint density at radius 2 is 2.05 bits per heavy atom. The Labute approximate surface area is 112 Å². The molecule has 1 aromatic carbocycles. The molecular formula is C13H19N3O3. The second-order valence-electron chi connectivity index (χ2n) is 4.96. The van der Waals surface area contributed by atoms with Crippen molar-refractivity contribution >= 4 is 17.3 Å². The molecule has 1 rings (SSSR count). The van der Waals surface area contributed by atoms with Crippen molar-refractivity contribution in [1.29, 1.82) is 0 Å². The molecule has 3 N–H and O–H groups in total. The molecule has 1 atom stereocenters.